The molecule has 3 heteroatoms. The summed E-state index contributed by atoms with van der Waals surface area (Å²) in [6.07, 6.45) is 1.95. The third-order valence-corrected chi connectivity index (χ3v) is 3.10. The third kappa shape index (κ3) is 1.40. The summed E-state index contributed by atoms with van der Waals surface area (Å²) >= 11 is 1.64. The van der Waals surface area contributed by atoms with Crippen LogP contribution in [0, 0.1) is 0 Å². The van der Waals surface area contributed by atoms with Gasteiger partial charge in [0.15, 0.2) is 0 Å². The van der Waals surface area contributed by atoms with E-state index in [1.54, 1.807) is 11.3 Å². The van der Waals surface area contributed by atoms with Crippen LogP contribution in [0.15, 0.2) is 16.8 Å². The SMILES string of the molecule is OC1(c2ccsc2)CCCNC1. The van der Waals surface area contributed by atoms with Crippen molar-refractivity contribution in [2.24, 2.45) is 0 Å². The average Bonchev–Trinajstić information content (AvgIpc) is 2.58. The fourth-order valence-electron chi connectivity index (χ4n) is 1.67. The summed E-state index contributed by atoms with van der Waals surface area (Å²) in [6, 6.07) is 2.01. The van der Waals surface area contributed by atoms with Crippen molar-refractivity contribution >= 4 is 11.3 Å². The lowest BCUT2D eigenvalue weighted by Crippen LogP contribution is -2.42. The van der Waals surface area contributed by atoms with E-state index in [4.69, 9.17) is 0 Å². The van der Waals surface area contributed by atoms with E-state index in [9.17, 15) is 5.11 Å². The Kier molecular flexibility index (Phi) is 2.17. The van der Waals surface area contributed by atoms with Gasteiger partial charge in [-0.15, -0.1) is 0 Å². The van der Waals surface area contributed by atoms with E-state index < -0.39 is 5.60 Å². The third-order valence-electron chi connectivity index (χ3n) is 2.42. The Morgan fingerprint density at radius 3 is 3.08 bits per heavy atom. The van der Waals surface area contributed by atoms with Gasteiger partial charge in [-0.2, -0.15) is 11.3 Å². The number of hydrogen-bond donors (Lipinski definition) is 2. The van der Waals surface area contributed by atoms with E-state index in [-0.39, 0.29) is 0 Å². The molecule has 1 aromatic rings. The molecule has 0 aromatic carbocycles. The van der Waals surface area contributed by atoms with E-state index in [2.05, 4.69) is 5.32 Å². The van der Waals surface area contributed by atoms with Crippen LogP contribution < -0.4 is 5.32 Å². The molecule has 0 radical (unpaired) electrons. The van der Waals surface area contributed by atoms with Gasteiger partial charge in [-0.05, 0) is 41.8 Å². The second-order valence-corrected chi connectivity index (χ2v) is 4.10. The highest BCUT2D eigenvalue weighted by molar-refractivity contribution is 7.08. The first-order valence-corrected chi connectivity index (χ1v) is 5.21. The largest absolute Gasteiger partial charge is 0.384 e. The van der Waals surface area contributed by atoms with Crippen molar-refractivity contribution < 1.29 is 5.11 Å². The number of hydrogen-bond acceptors (Lipinski definition) is 3. The van der Waals surface area contributed by atoms with Crippen molar-refractivity contribution in [3.63, 3.8) is 0 Å². The molecular formula is C9H13NOS. The molecule has 1 unspecified atom stereocenters. The molecule has 0 bridgehead atoms. The first kappa shape index (κ1) is 8.23. The lowest BCUT2D eigenvalue weighted by Gasteiger charge is -2.32. The molecule has 0 spiro atoms. The topological polar surface area (TPSA) is 32.3 Å². The lowest BCUT2D eigenvalue weighted by molar-refractivity contribution is 0.0127. The van der Waals surface area contributed by atoms with Crippen molar-refractivity contribution in [2.45, 2.75) is 18.4 Å². The average molecular weight is 183 g/mol. The Morgan fingerprint density at radius 2 is 2.50 bits per heavy atom. The molecule has 0 amide bonds. The summed E-state index contributed by atoms with van der Waals surface area (Å²) in [5.74, 6) is 0. The fourth-order valence-corrected chi connectivity index (χ4v) is 2.41. The molecule has 1 aromatic heterocycles. The Labute approximate surface area is 76.2 Å². The molecule has 1 aliphatic heterocycles. The summed E-state index contributed by atoms with van der Waals surface area (Å²) in [4.78, 5) is 0. The van der Waals surface area contributed by atoms with E-state index in [1.807, 2.05) is 16.8 Å². The zero-order chi connectivity index (χ0) is 8.44. The van der Waals surface area contributed by atoms with Gasteiger partial charge in [-0.3, -0.25) is 0 Å². The van der Waals surface area contributed by atoms with E-state index in [0.717, 1.165) is 24.9 Å². The van der Waals surface area contributed by atoms with Crippen molar-refractivity contribution in [3.8, 4) is 0 Å². The van der Waals surface area contributed by atoms with Crippen LogP contribution in [0.4, 0.5) is 0 Å². The second kappa shape index (κ2) is 3.17. The van der Waals surface area contributed by atoms with Crippen LogP contribution in [-0.4, -0.2) is 18.2 Å². The maximum Gasteiger partial charge on any atom is 0.103 e. The van der Waals surface area contributed by atoms with Crippen LogP contribution in [0.5, 0.6) is 0 Å². The molecule has 12 heavy (non-hydrogen) atoms. The van der Waals surface area contributed by atoms with Gasteiger partial charge in [-0.25, -0.2) is 0 Å². The van der Waals surface area contributed by atoms with Crippen LogP contribution in [-0.2, 0) is 5.60 Å². The van der Waals surface area contributed by atoms with Crippen LogP contribution >= 0.6 is 11.3 Å². The van der Waals surface area contributed by atoms with Gasteiger partial charge >= 0.3 is 0 Å². The van der Waals surface area contributed by atoms with Crippen molar-refractivity contribution in [1.82, 2.24) is 5.32 Å². The Hall–Kier alpha value is -0.380. The highest BCUT2D eigenvalue weighted by Crippen LogP contribution is 2.29. The number of aliphatic hydroxyl groups is 1. The summed E-state index contributed by atoms with van der Waals surface area (Å²) in [5, 5.41) is 17.4. The molecule has 2 nitrogen and oxygen atoms in total. The molecule has 1 fully saturated rings. The number of piperidine rings is 1. The minimum absolute atomic E-state index is 0.599. The number of nitrogens with one attached hydrogen (secondary N) is 1. The van der Waals surface area contributed by atoms with Crippen molar-refractivity contribution in [1.29, 1.82) is 0 Å². The lowest BCUT2D eigenvalue weighted by atomic mass is 9.89. The second-order valence-electron chi connectivity index (χ2n) is 3.32. The Morgan fingerprint density at radius 1 is 1.58 bits per heavy atom. The number of β-amino-alcohol motifs (C(OH)–C–C–N with tert-alkyl or cyclic N) is 1. The highest BCUT2D eigenvalue weighted by Gasteiger charge is 2.31. The molecule has 1 saturated heterocycles. The monoisotopic (exact) mass is 183 g/mol. The minimum Gasteiger partial charge on any atom is -0.384 e. The Balaban J connectivity index is 2.19. The van der Waals surface area contributed by atoms with E-state index in [0.29, 0.717) is 6.54 Å². The van der Waals surface area contributed by atoms with Gasteiger partial charge in [0.05, 0.1) is 0 Å². The molecule has 2 rings (SSSR count). The zero-order valence-electron chi connectivity index (χ0n) is 6.92. The van der Waals surface area contributed by atoms with Crippen LogP contribution in [0.3, 0.4) is 0 Å². The summed E-state index contributed by atoms with van der Waals surface area (Å²) in [7, 11) is 0. The first-order valence-electron chi connectivity index (χ1n) is 4.27. The maximum absolute atomic E-state index is 10.2. The molecule has 66 valence electrons. The smallest absolute Gasteiger partial charge is 0.103 e. The van der Waals surface area contributed by atoms with E-state index >= 15 is 0 Å². The van der Waals surface area contributed by atoms with Gasteiger partial charge in [0.25, 0.3) is 0 Å². The predicted octanol–water partition coefficient (Wildman–Crippen LogP) is 1.32. The molecular weight excluding hydrogens is 170 g/mol. The highest BCUT2D eigenvalue weighted by atomic mass is 32.1. The molecule has 1 aliphatic rings. The minimum atomic E-state index is -0.599. The number of rotatable bonds is 1. The summed E-state index contributed by atoms with van der Waals surface area (Å²) in [6.45, 7) is 1.73. The molecule has 2 N–H and O–H groups in total. The maximum atomic E-state index is 10.2. The van der Waals surface area contributed by atoms with E-state index in [1.165, 1.54) is 0 Å². The molecule has 0 saturated carbocycles. The van der Waals surface area contributed by atoms with Gasteiger partial charge < -0.3 is 10.4 Å². The van der Waals surface area contributed by atoms with Crippen LogP contribution in [0.25, 0.3) is 0 Å². The Bertz CT molecular complexity index is 239. The first-order chi connectivity index (χ1) is 5.81. The summed E-state index contributed by atoms with van der Waals surface area (Å²) < 4.78 is 0. The quantitative estimate of drug-likeness (QED) is 0.688. The van der Waals surface area contributed by atoms with Gasteiger partial charge in [0, 0.05) is 6.54 Å². The molecule has 2 heterocycles. The van der Waals surface area contributed by atoms with Crippen molar-refractivity contribution in [2.75, 3.05) is 13.1 Å². The number of thiophene rings is 1. The van der Waals surface area contributed by atoms with Crippen LogP contribution in [0.2, 0.25) is 0 Å². The van der Waals surface area contributed by atoms with Gasteiger partial charge in [0.1, 0.15) is 5.60 Å². The molecule has 0 aliphatic carbocycles. The summed E-state index contributed by atoms with van der Waals surface area (Å²) in [5.41, 5.74) is 0.470. The molecule has 1 atom stereocenters. The van der Waals surface area contributed by atoms with Crippen molar-refractivity contribution in [3.05, 3.63) is 22.4 Å². The fraction of sp³-hybridized carbons (Fsp3) is 0.556. The normalized spacial score (nSPS) is 30.4. The van der Waals surface area contributed by atoms with Gasteiger partial charge in [0.2, 0.25) is 0 Å². The van der Waals surface area contributed by atoms with Gasteiger partial charge in [-0.1, -0.05) is 0 Å². The zero-order valence-corrected chi connectivity index (χ0v) is 7.73. The predicted molar refractivity (Wildman–Crippen MR) is 50.3 cm³/mol. The standard InChI is InChI=1S/C9H13NOS/c11-9(3-1-4-10-7-9)8-2-5-12-6-8/h2,5-6,10-11H,1,3-4,7H2. The van der Waals surface area contributed by atoms with Crippen LogP contribution in [0.1, 0.15) is 18.4 Å².